The number of fused-ring (bicyclic) bond motifs is 2. The molecule has 0 fully saturated rings. The molecule has 24 heavy (non-hydrogen) atoms. The van der Waals surface area contributed by atoms with Crippen molar-refractivity contribution < 1.29 is 0 Å². The van der Waals surface area contributed by atoms with E-state index in [0.29, 0.717) is 5.57 Å². The van der Waals surface area contributed by atoms with Gasteiger partial charge < -0.3 is 4.98 Å². The van der Waals surface area contributed by atoms with Crippen LogP contribution in [-0.4, -0.2) is 4.98 Å². The van der Waals surface area contributed by atoms with Crippen LogP contribution in [0.5, 0.6) is 0 Å². The molecule has 0 amide bonds. The van der Waals surface area contributed by atoms with Gasteiger partial charge in [-0.1, -0.05) is 36.4 Å². The molecule has 0 aliphatic carbocycles. The van der Waals surface area contributed by atoms with Crippen molar-refractivity contribution >= 4 is 37.9 Å². The number of nitrogens with one attached hydrogen (secondary N) is 1. The summed E-state index contributed by atoms with van der Waals surface area (Å²) in [5.74, 6) is 0. The van der Waals surface area contributed by atoms with Gasteiger partial charge in [0, 0.05) is 31.7 Å². The summed E-state index contributed by atoms with van der Waals surface area (Å²) in [6.45, 7) is 0. The molecule has 0 spiro atoms. The summed E-state index contributed by atoms with van der Waals surface area (Å²) in [5, 5.41) is 21.0. The average molecular weight is 325 g/mol. The van der Waals surface area contributed by atoms with Crippen LogP contribution in [-0.2, 0) is 0 Å². The maximum absolute atomic E-state index is 9.43. The zero-order chi connectivity index (χ0) is 16.5. The molecule has 0 unspecified atom stereocenters. The van der Waals surface area contributed by atoms with E-state index in [1.54, 1.807) is 11.3 Å². The van der Waals surface area contributed by atoms with Crippen molar-refractivity contribution in [2.45, 2.75) is 0 Å². The molecule has 4 aromatic rings. The third-order valence-electron chi connectivity index (χ3n) is 3.94. The van der Waals surface area contributed by atoms with Crippen molar-refractivity contribution in [1.82, 2.24) is 4.98 Å². The molecule has 2 heterocycles. The number of nitriles is 2. The molecule has 0 bridgehead atoms. The lowest BCUT2D eigenvalue weighted by Gasteiger charge is -2.02. The molecule has 0 aliphatic heterocycles. The van der Waals surface area contributed by atoms with E-state index < -0.39 is 0 Å². The number of nitrogens with zero attached hydrogens (tertiary/aromatic N) is 2. The van der Waals surface area contributed by atoms with Crippen molar-refractivity contribution in [1.29, 1.82) is 10.5 Å². The van der Waals surface area contributed by atoms with Crippen molar-refractivity contribution in [3.05, 3.63) is 76.8 Å². The van der Waals surface area contributed by atoms with Gasteiger partial charge in [0.25, 0.3) is 0 Å². The highest BCUT2D eigenvalue weighted by Gasteiger charge is 2.17. The number of hydrogen-bond acceptors (Lipinski definition) is 3. The maximum Gasteiger partial charge on any atom is 0.140 e. The Balaban J connectivity index is 2.00. The number of H-pyrrole nitrogens is 1. The highest BCUT2D eigenvalue weighted by atomic mass is 32.1. The fraction of sp³-hybridized carbons (Fsp3) is 0. The molecule has 3 nitrogen and oxygen atoms in total. The lowest BCUT2D eigenvalue weighted by atomic mass is 10.0. The molecule has 0 atom stereocenters. The van der Waals surface area contributed by atoms with E-state index >= 15 is 0 Å². The summed E-state index contributed by atoms with van der Waals surface area (Å²) in [4.78, 5) is 4.25. The highest BCUT2D eigenvalue weighted by Crippen LogP contribution is 2.36. The minimum absolute atomic E-state index is 0.119. The SMILES string of the molecule is N#CC(C#N)=C(c1cc2ccccc2[nH]1)c1cc2ccccc2s1. The molecule has 4 rings (SSSR count). The van der Waals surface area contributed by atoms with Crippen LogP contribution in [0.2, 0.25) is 0 Å². The number of para-hydroxylation sites is 1. The topological polar surface area (TPSA) is 63.4 Å². The minimum atomic E-state index is 0.119. The van der Waals surface area contributed by atoms with Gasteiger partial charge in [-0.2, -0.15) is 10.5 Å². The summed E-state index contributed by atoms with van der Waals surface area (Å²) >= 11 is 1.59. The number of hydrogen-bond donors (Lipinski definition) is 1. The number of allylic oxidation sites excluding steroid dienone is 1. The Kier molecular flexibility index (Phi) is 3.39. The van der Waals surface area contributed by atoms with Gasteiger partial charge in [0.2, 0.25) is 0 Å². The van der Waals surface area contributed by atoms with Crippen LogP contribution >= 0.6 is 11.3 Å². The number of rotatable bonds is 2. The molecule has 0 saturated carbocycles. The van der Waals surface area contributed by atoms with E-state index in [9.17, 15) is 10.5 Å². The largest absolute Gasteiger partial charge is 0.354 e. The predicted octanol–water partition coefficient (Wildman–Crippen LogP) is 5.23. The summed E-state index contributed by atoms with van der Waals surface area (Å²) < 4.78 is 1.14. The van der Waals surface area contributed by atoms with Crippen molar-refractivity contribution in [2.75, 3.05) is 0 Å². The fourth-order valence-corrected chi connectivity index (χ4v) is 3.97. The second-order valence-electron chi connectivity index (χ2n) is 5.39. The Morgan fingerprint density at radius 2 is 1.58 bits per heavy atom. The second-order valence-corrected chi connectivity index (χ2v) is 6.48. The van der Waals surface area contributed by atoms with Gasteiger partial charge in [-0.15, -0.1) is 11.3 Å². The predicted molar refractivity (Wildman–Crippen MR) is 97.4 cm³/mol. The Hall–Kier alpha value is -3.34. The van der Waals surface area contributed by atoms with Crippen LogP contribution in [0.1, 0.15) is 10.6 Å². The third kappa shape index (κ3) is 2.27. The van der Waals surface area contributed by atoms with Crippen molar-refractivity contribution in [3.8, 4) is 12.1 Å². The Morgan fingerprint density at radius 3 is 2.29 bits per heavy atom. The summed E-state index contributed by atoms with van der Waals surface area (Å²) in [6.07, 6.45) is 0. The first-order valence-corrected chi connectivity index (χ1v) is 8.23. The van der Waals surface area contributed by atoms with E-state index in [-0.39, 0.29) is 5.57 Å². The van der Waals surface area contributed by atoms with Gasteiger partial charge in [-0.3, -0.25) is 0 Å². The number of aromatic nitrogens is 1. The van der Waals surface area contributed by atoms with E-state index in [1.807, 2.05) is 72.8 Å². The zero-order valence-corrected chi connectivity index (χ0v) is 13.4. The molecule has 1 N–H and O–H groups in total. The van der Waals surface area contributed by atoms with Crippen LogP contribution in [0.4, 0.5) is 0 Å². The van der Waals surface area contributed by atoms with E-state index in [0.717, 1.165) is 31.6 Å². The molecule has 2 aromatic heterocycles. The van der Waals surface area contributed by atoms with Crippen LogP contribution in [0.25, 0.3) is 26.6 Å². The molecule has 112 valence electrons. The first kappa shape index (κ1) is 14.3. The van der Waals surface area contributed by atoms with E-state index in [1.165, 1.54) is 0 Å². The maximum atomic E-state index is 9.43. The minimum Gasteiger partial charge on any atom is -0.354 e. The number of thiophene rings is 1. The van der Waals surface area contributed by atoms with Gasteiger partial charge >= 0.3 is 0 Å². The molecule has 0 saturated heterocycles. The lowest BCUT2D eigenvalue weighted by Crippen LogP contribution is -1.90. The number of benzene rings is 2. The quantitative estimate of drug-likeness (QED) is 0.513. The Bertz CT molecular complexity index is 1020. The molecule has 0 radical (unpaired) electrons. The number of aromatic amines is 1. The fourth-order valence-electron chi connectivity index (χ4n) is 2.84. The highest BCUT2D eigenvalue weighted by molar-refractivity contribution is 7.20. The van der Waals surface area contributed by atoms with Crippen molar-refractivity contribution in [2.24, 2.45) is 0 Å². The smallest absolute Gasteiger partial charge is 0.140 e. The average Bonchev–Trinajstić information content (AvgIpc) is 3.22. The van der Waals surface area contributed by atoms with Gasteiger partial charge in [0.05, 0.1) is 0 Å². The van der Waals surface area contributed by atoms with E-state index in [2.05, 4.69) is 4.98 Å². The molecular weight excluding hydrogens is 314 g/mol. The van der Waals surface area contributed by atoms with Crippen molar-refractivity contribution in [3.63, 3.8) is 0 Å². The lowest BCUT2D eigenvalue weighted by molar-refractivity contribution is 1.38. The van der Waals surface area contributed by atoms with Gasteiger partial charge in [-0.05, 0) is 29.7 Å². The molecule has 0 aliphatic rings. The second kappa shape index (κ2) is 5.70. The molecular formula is C20H11N3S. The van der Waals surface area contributed by atoms with Gasteiger partial charge in [0.1, 0.15) is 17.7 Å². The summed E-state index contributed by atoms with van der Waals surface area (Å²) in [7, 11) is 0. The van der Waals surface area contributed by atoms with Crippen LogP contribution in [0.3, 0.4) is 0 Å². The van der Waals surface area contributed by atoms with Crippen LogP contribution < -0.4 is 0 Å². The summed E-state index contributed by atoms with van der Waals surface area (Å²) in [6, 6.07) is 24.1. The first-order valence-electron chi connectivity index (χ1n) is 7.41. The Morgan fingerprint density at radius 1 is 0.875 bits per heavy atom. The monoisotopic (exact) mass is 325 g/mol. The van der Waals surface area contributed by atoms with Crippen LogP contribution in [0, 0.1) is 22.7 Å². The van der Waals surface area contributed by atoms with Gasteiger partial charge in [0.15, 0.2) is 0 Å². The normalized spacial score (nSPS) is 10.4. The third-order valence-corrected chi connectivity index (χ3v) is 5.08. The van der Waals surface area contributed by atoms with Crippen LogP contribution in [0.15, 0.2) is 66.2 Å². The van der Waals surface area contributed by atoms with E-state index in [4.69, 9.17) is 0 Å². The van der Waals surface area contributed by atoms with Gasteiger partial charge in [-0.25, -0.2) is 0 Å². The zero-order valence-electron chi connectivity index (χ0n) is 12.6. The Labute approximate surface area is 142 Å². The molecule has 2 aromatic carbocycles. The summed E-state index contributed by atoms with van der Waals surface area (Å²) in [5.41, 5.74) is 2.56. The first-order chi connectivity index (χ1) is 11.8. The molecule has 4 heteroatoms. The standard InChI is InChI=1S/C20H11N3S/c21-11-15(12-22)20(17-9-13-5-1-3-7-16(13)23-17)19-10-14-6-2-4-8-18(14)24-19/h1-10,23H.